The van der Waals surface area contributed by atoms with Gasteiger partial charge in [0.15, 0.2) is 0 Å². The van der Waals surface area contributed by atoms with Crippen LogP contribution in [0.15, 0.2) is 0 Å². The highest BCUT2D eigenvalue weighted by molar-refractivity contribution is 5.76. The van der Waals surface area contributed by atoms with E-state index < -0.39 is 0 Å². The van der Waals surface area contributed by atoms with E-state index in [1.54, 1.807) is 0 Å². The Balaban J connectivity index is 2.61. The largest absolute Gasteiger partial charge is 0.337 e. The molecule has 1 amide bonds. The minimum absolute atomic E-state index is 0.292. The van der Waals surface area contributed by atoms with Gasteiger partial charge in [-0.1, -0.05) is 20.8 Å². The first kappa shape index (κ1) is 10.5. The monoisotopic (exact) mass is 184 g/mol. The summed E-state index contributed by atoms with van der Waals surface area (Å²) in [5, 5.41) is 3.33. The lowest BCUT2D eigenvalue weighted by Crippen LogP contribution is -2.55. The molecule has 76 valence electrons. The highest BCUT2D eigenvalue weighted by Crippen LogP contribution is 2.13. The molecule has 0 bridgehead atoms. The molecule has 1 atom stereocenters. The molecule has 0 aromatic rings. The van der Waals surface area contributed by atoms with Crippen LogP contribution in [0.1, 0.15) is 27.2 Å². The summed E-state index contributed by atoms with van der Waals surface area (Å²) in [4.78, 5) is 13.6. The maximum Gasteiger partial charge on any atom is 0.222 e. The number of nitrogens with zero attached hydrogens (tertiary/aromatic N) is 1. The number of hydrogen-bond donors (Lipinski definition) is 1. The highest BCUT2D eigenvalue weighted by Gasteiger charge is 2.27. The van der Waals surface area contributed by atoms with Gasteiger partial charge in [0.1, 0.15) is 0 Å². The molecule has 1 unspecified atom stereocenters. The fourth-order valence-electron chi connectivity index (χ4n) is 1.83. The predicted molar refractivity (Wildman–Crippen MR) is 53.5 cm³/mol. The van der Waals surface area contributed by atoms with E-state index in [2.05, 4.69) is 19.2 Å². The van der Waals surface area contributed by atoms with Gasteiger partial charge in [-0.2, -0.15) is 0 Å². The summed E-state index contributed by atoms with van der Waals surface area (Å²) in [7, 11) is 0. The van der Waals surface area contributed by atoms with Crippen molar-refractivity contribution in [2.45, 2.75) is 33.2 Å². The molecule has 1 N–H and O–H groups in total. The molecule has 0 radical (unpaired) electrons. The number of hydrogen-bond acceptors (Lipinski definition) is 2. The van der Waals surface area contributed by atoms with Gasteiger partial charge in [-0.3, -0.25) is 4.79 Å². The Hall–Kier alpha value is -0.570. The van der Waals surface area contributed by atoms with Crippen molar-refractivity contribution in [1.82, 2.24) is 10.2 Å². The molecule has 3 heteroatoms. The van der Waals surface area contributed by atoms with Crippen LogP contribution >= 0.6 is 0 Å². The van der Waals surface area contributed by atoms with Crippen molar-refractivity contribution in [1.29, 1.82) is 0 Å². The van der Waals surface area contributed by atoms with E-state index in [1.165, 1.54) is 0 Å². The molecule has 0 spiro atoms. The van der Waals surface area contributed by atoms with Gasteiger partial charge in [0.25, 0.3) is 0 Å². The summed E-state index contributed by atoms with van der Waals surface area (Å²) in [5.74, 6) is 0.837. The van der Waals surface area contributed by atoms with Gasteiger partial charge in [-0.15, -0.1) is 0 Å². The third-order valence-corrected chi connectivity index (χ3v) is 2.68. The van der Waals surface area contributed by atoms with Gasteiger partial charge >= 0.3 is 0 Å². The van der Waals surface area contributed by atoms with Crippen molar-refractivity contribution < 1.29 is 4.79 Å². The molecule has 0 aromatic carbocycles. The van der Waals surface area contributed by atoms with Crippen molar-refractivity contribution in [2.75, 3.05) is 19.6 Å². The third-order valence-electron chi connectivity index (χ3n) is 2.68. The molecule has 1 heterocycles. The second-order valence-corrected chi connectivity index (χ2v) is 3.96. The van der Waals surface area contributed by atoms with E-state index in [4.69, 9.17) is 0 Å². The van der Waals surface area contributed by atoms with Gasteiger partial charge in [0, 0.05) is 32.1 Å². The van der Waals surface area contributed by atoms with Crippen LogP contribution in [0.2, 0.25) is 0 Å². The Bertz CT molecular complexity index is 180. The van der Waals surface area contributed by atoms with E-state index in [0.29, 0.717) is 24.3 Å². The van der Waals surface area contributed by atoms with Crippen LogP contribution in [-0.4, -0.2) is 36.5 Å². The van der Waals surface area contributed by atoms with Crippen LogP contribution in [0.3, 0.4) is 0 Å². The van der Waals surface area contributed by atoms with Gasteiger partial charge in [0.05, 0.1) is 0 Å². The molecular formula is C10H20N2O. The Morgan fingerprint density at radius 3 is 2.85 bits per heavy atom. The van der Waals surface area contributed by atoms with E-state index in [9.17, 15) is 4.79 Å². The van der Waals surface area contributed by atoms with E-state index in [1.807, 2.05) is 11.8 Å². The summed E-state index contributed by atoms with van der Waals surface area (Å²) in [5.41, 5.74) is 0. The highest BCUT2D eigenvalue weighted by atomic mass is 16.2. The smallest absolute Gasteiger partial charge is 0.222 e. The van der Waals surface area contributed by atoms with Gasteiger partial charge < -0.3 is 10.2 Å². The fourth-order valence-corrected chi connectivity index (χ4v) is 1.83. The van der Waals surface area contributed by atoms with Crippen molar-refractivity contribution in [3.05, 3.63) is 0 Å². The lowest BCUT2D eigenvalue weighted by Gasteiger charge is -2.38. The average molecular weight is 184 g/mol. The van der Waals surface area contributed by atoms with Crippen molar-refractivity contribution >= 4 is 5.91 Å². The minimum Gasteiger partial charge on any atom is -0.337 e. The predicted octanol–water partition coefficient (Wildman–Crippen LogP) is 0.853. The van der Waals surface area contributed by atoms with E-state index in [-0.39, 0.29) is 0 Å². The number of piperazine rings is 1. The topological polar surface area (TPSA) is 32.3 Å². The maximum atomic E-state index is 11.6. The Kier molecular flexibility index (Phi) is 3.72. The summed E-state index contributed by atoms with van der Waals surface area (Å²) >= 11 is 0. The zero-order valence-electron chi connectivity index (χ0n) is 8.84. The molecule has 1 saturated heterocycles. The second kappa shape index (κ2) is 4.61. The molecule has 0 aromatic heterocycles. The lowest BCUT2D eigenvalue weighted by molar-refractivity contribution is -0.135. The molecular weight excluding hydrogens is 164 g/mol. The van der Waals surface area contributed by atoms with E-state index in [0.717, 1.165) is 19.6 Å². The Morgan fingerprint density at radius 2 is 2.31 bits per heavy atom. The maximum absolute atomic E-state index is 11.6. The number of nitrogens with one attached hydrogen (secondary N) is 1. The second-order valence-electron chi connectivity index (χ2n) is 3.96. The molecule has 1 rings (SSSR count). The zero-order chi connectivity index (χ0) is 9.84. The number of amides is 1. The van der Waals surface area contributed by atoms with E-state index >= 15 is 0 Å². The molecule has 3 nitrogen and oxygen atoms in total. The minimum atomic E-state index is 0.292. The summed E-state index contributed by atoms with van der Waals surface area (Å²) in [6.07, 6.45) is 0.628. The first-order chi connectivity index (χ1) is 6.16. The van der Waals surface area contributed by atoms with Crippen LogP contribution in [0.5, 0.6) is 0 Å². The number of carbonyl (C=O) groups is 1. The van der Waals surface area contributed by atoms with Gasteiger partial charge in [-0.05, 0) is 5.92 Å². The SMILES string of the molecule is CCC(=O)N1CCNCC1C(C)C. The first-order valence-corrected chi connectivity index (χ1v) is 5.17. The molecule has 0 aliphatic carbocycles. The van der Waals surface area contributed by atoms with Crippen molar-refractivity contribution in [3.8, 4) is 0 Å². The van der Waals surface area contributed by atoms with Crippen LogP contribution in [0.4, 0.5) is 0 Å². The van der Waals surface area contributed by atoms with Gasteiger partial charge in [0.2, 0.25) is 5.91 Å². The van der Waals surface area contributed by atoms with Crippen LogP contribution in [0.25, 0.3) is 0 Å². The van der Waals surface area contributed by atoms with Gasteiger partial charge in [-0.25, -0.2) is 0 Å². The zero-order valence-corrected chi connectivity index (χ0v) is 8.84. The molecule has 0 saturated carbocycles. The fraction of sp³-hybridized carbons (Fsp3) is 0.900. The standard InChI is InChI=1S/C10H20N2O/c1-4-10(13)12-6-5-11-7-9(12)8(2)3/h8-9,11H,4-7H2,1-3H3. The summed E-state index contributed by atoms with van der Waals surface area (Å²) in [6.45, 7) is 9.04. The molecule has 1 aliphatic heterocycles. The molecule has 1 fully saturated rings. The lowest BCUT2D eigenvalue weighted by atomic mass is 10.0. The Morgan fingerprint density at radius 1 is 1.62 bits per heavy atom. The Labute approximate surface area is 80.5 Å². The number of carbonyl (C=O) groups excluding carboxylic acids is 1. The van der Waals surface area contributed by atoms with Crippen LogP contribution < -0.4 is 5.32 Å². The summed E-state index contributed by atoms with van der Waals surface area (Å²) < 4.78 is 0. The molecule has 13 heavy (non-hydrogen) atoms. The van der Waals surface area contributed by atoms with Crippen LogP contribution in [-0.2, 0) is 4.79 Å². The normalized spacial score (nSPS) is 23.7. The number of rotatable bonds is 2. The summed E-state index contributed by atoms with van der Waals surface area (Å²) in [6, 6.07) is 0.390. The third kappa shape index (κ3) is 2.44. The first-order valence-electron chi connectivity index (χ1n) is 5.17. The molecule has 1 aliphatic rings. The average Bonchev–Trinajstić information content (AvgIpc) is 2.16. The van der Waals surface area contributed by atoms with Crippen molar-refractivity contribution in [3.63, 3.8) is 0 Å². The quantitative estimate of drug-likeness (QED) is 0.690. The van der Waals surface area contributed by atoms with Crippen molar-refractivity contribution in [2.24, 2.45) is 5.92 Å². The van der Waals surface area contributed by atoms with Crippen LogP contribution in [0, 0.1) is 5.92 Å².